The van der Waals surface area contributed by atoms with Gasteiger partial charge in [-0.3, -0.25) is 0 Å². The summed E-state index contributed by atoms with van der Waals surface area (Å²) in [4.78, 5) is 2.21. The summed E-state index contributed by atoms with van der Waals surface area (Å²) in [5.41, 5.74) is 2.77. The molecule has 0 bridgehead atoms. The van der Waals surface area contributed by atoms with Gasteiger partial charge in [-0.25, -0.2) is 0 Å². The molecular formula is C13H19NO. The molecule has 0 spiro atoms. The summed E-state index contributed by atoms with van der Waals surface area (Å²) in [7, 11) is 0. The minimum atomic E-state index is -0.136. The summed E-state index contributed by atoms with van der Waals surface area (Å²) in [6.07, 6.45) is -0.136. The van der Waals surface area contributed by atoms with Crippen LogP contribution in [0.5, 0.6) is 0 Å². The van der Waals surface area contributed by atoms with Gasteiger partial charge in [0.2, 0.25) is 0 Å². The molecule has 0 saturated carbocycles. The van der Waals surface area contributed by atoms with Crippen LogP contribution in [0.25, 0.3) is 0 Å². The lowest BCUT2D eigenvalue weighted by Gasteiger charge is -2.38. The summed E-state index contributed by atoms with van der Waals surface area (Å²) in [6.45, 7) is 8.20. The van der Waals surface area contributed by atoms with Gasteiger partial charge in [-0.15, -0.1) is 0 Å². The SMILES string of the molecule is CC(C)(C)c1cccc(N2CC(O)C2)c1. The fourth-order valence-electron chi connectivity index (χ4n) is 1.84. The van der Waals surface area contributed by atoms with Crippen molar-refractivity contribution in [1.29, 1.82) is 0 Å². The molecule has 1 saturated heterocycles. The third-order valence-electron chi connectivity index (χ3n) is 2.94. The van der Waals surface area contributed by atoms with Crippen molar-refractivity contribution >= 4 is 5.69 Å². The Morgan fingerprint density at radius 1 is 1.27 bits per heavy atom. The standard InChI is InChI=1S/C13H19NO/c1-13(2,3)10-5-4-6-11(7-10)14-8-12(15)9-14/h4-7,12,15H,8-9H2,1-3H3. The Morgan fingerprint density at radius 3 is 2.47 bits per heavy atom. The number of β-amino-alcohol motifs (C(OH)–C–C–N with tert-alkyl or cyclic N) is 1. The number of hydrogen-bond donors (Lipinski definition) is 1. The smallest absolute Gasteiger partial charge is 0.0889 e. The van der Waals surface area contributed by atoms with Crippen LogP contribution in [0, 0.1) is 0 Å². The molecule has 82 valence electrons. The van der Waals surface area contributed by atoms with Crippen LogP contribution < -0.4 is 4.90 Å². The highest BCUT2D eigenvalue weighted by atomic mass is 16.3. The number of hydrogen-bond acceptors (Lipinski definition) is 2. The van der Waals surface area contributed by atoms with Gasteiger partial charge in [0.1, 0.15) is 0 Å². The molecule has 2 rings (SSSR count). The van der Waals surface area contributed by atoms with E-state index in [9.17, 15) is 5.11 Å². The normalized spacial score (nSPS) is 17.7. The van der Waals surface area contributed by atoms with Gasteiger partial charge in [0.15, 0.2) is 0 Å². The highest BCUT2D eigenvalue weighted by molar-refractivity contribution is 5.52. The predicted octanol–water partition coefficient (Wildman–Crippen LogP) is 2.17. The first-order valence-corrected chi connectivity index (χ1v) is 5.50. The number of benzene rings is 1. The molecule has 1 aromatic carbocycles. The molecule has 1 heterocycles. The number of anilines is 1. The van der Waals surface area contributed by atoms with Crippen molar-refractivity contribution in [2.24, 2.45) is 0 Å². The van der Waals surface area contributed by atoms with Crippen molar-refractivity contribution in [3.05, 3.63) is 29.8 Å². The maximum absolute atomic E-state index is 9.27. The van der Waals surface area contributed by atoms with Crippen molar-refractivity contribution in [3.63, 3.8) is 0 Å². The Hall–Kier alpha value is -1.02. The van der Waals surface area contributed by atoms with Crippen molar-refractivity contribution in [2.75, 3.05) is 18.0 Å². The molecule has 0 aliphatic carbocycles. The van der Waals surface area contributed by atoms with Gasteiger partial charge in [-0.1, -0.05) is 32.9 Å². The molecule has 1 aromatic rings. The molecule has 2 nitrogen and oxygen atoms in total. The van der Waals surface area contributed by atoms with Crippen LogP contribution in [0.1, 0.15) is 26.3 Å². The van der Waals surface area contributed by atoms with E-state index in [1.807, 2.05) is 0 Å². The van der Waals surface area contributed by atoms with Crippen LogP contribution in [-0.2, 0) is 5.41 Å². The lowest BCUT2D eigenvalue weighted by Crippen LogP contribution is -2.50. The Bertz CT molecular complexity index is 348. The highest BCUT2D eigenvalue weighted by Crippen LogP contribution is 2.28. The van der Waals surface area contributed by atoms with E-state index in [2.05, 4.69) is 49.9 Å². The molecule has 15 heavy (non-hydrogen) atoms. The van der Waals surface area contributed by atoms with Crippen LogP contribution in [0.3, 0.4) is 0 Å². The summed E-state index contributed by atoms with van der Waals surface area (Å²) < 4.78 is 0. The predicted molar refractivity (Wildman–Crippen MR) is 63.4 cm³/mol. The maximum atomic E-state index is 9.27. The Morgan fingerprint density at radius 2 is 1.93 bits per heavy atom. The van der Waals surface area contributed by atoms with Crippen LogP contribution >= 0.6 is 0 Å². The lowest BCUT2D eigenvalue weighted by atomic mass is 9.86. The molecular weight excluding hydrogens is 186 g/mol. The van der Waals surface area contributed by atoms with Crippen LogP contribution in [0.2, 0.25) is 0 Å². The fraction of sp³-hybridized carbons (Fsp3) is 0.538. The van der Waals surface area contributed by atoms with Crippen LogP contribution in [-0.4, -0.2) is 24.3 Å². The zero-order valence-electron chi connectivity index (χ0n) is 9.70. The van der Waals surface area contributed by atoms with Gasteiger partial charge < -0.3 is 10.0 Å². The Balaban J connectivity index is 2.20. The molecule has 0 radical (unpaired) electrons. The van der Waals surface area contributed by atoms with E-state index in [0.717, 1.165) is 13.1 Å². The summed E-state index contributed by atoms with van der Waals surface area (Å²) >= 11 is 0. The maximum Gasteiger partial charge on any atom is 0.0889 e. The minimum absolute atomic E-state index is 0.136. The number of aliphatic hydroxyl groups is 1. The molecule has 1 N–H and O–H groups in total. The van der Waals surface area contributed by atoms with Gasteiger partial charge >= 0.3 is 0 Å². The largest absolute Gasteiger partial charge is 0.389 e. The zero-order valence-corrected chi connectivity index (χ0v) is 9.70. The van der Waals surface area contributed by atoms with Crippen LogP contribution in [0.15, 0.2) is 24.3 Å². The van der Waals surface area contributed by atoms with Crippen molar-refractivity contribution in [1.82, 2.24) is 0 Å². The quantitative estimate of drug-likeness (QED) is 0.759. The molecule has 0 amide bonds. The fourth-order valence-corrected chi connectivity index (χ4v) is 1.84. The zero-order chi connectivity index (χ0) is 11.1. The monoisotopic (exact) mass is 205 g/mol. The average molecular weight is 205 g/mol. The molecule has 2 heteroatoms. The first kappa shape index (κ1) is 10.5. The number of aliphatic hydroxyl groups excluding tert-OH is 1. The van der Waals surface area contributed by atoms with Gasteiger partial charge in [0, 0.05) is 18.8 Å². The van der Waals surface area contributed by atoms with E-state index in [1.54, 1.807) is 0 Å². The van der Waals surface area contributed by atoms with Crippen LogP contribution in [0.4, 0.5) is 5.69 Å². The van der Waals surface area contributed by atoms with Gasteiger partial charge in [-0.05, 0) is 23.1 Å². The van der Waals surface area contributed by atoms with Crippen molar-refractivity contribution < 1.29 is 5.11 Å². The lowest BCUT2D eigenvalue weighted by molar-refractivity contribution is 0.142. The third kappa shape index (κ3) is 2.15. The second kappa shape index (κ2) is 3.53. The van der Waals surface area contributed by atoms with E-state index in [1.165, 1.54) is 11.3 Å². The summed E-state index contributed by atoms with van der Waals surface area (Å²) in [6, 6.07) is 8.60. The summed E-state index contributed by atoms with van der Waals surface area (Å²) in [5, 5.41) is 9.27. The molecule has 0 atom stereocenters. The second-order valence-corrected chi connectivity index (χ2v) is 5.36. The Kier molecular flexibility index (Phi) is 2.47. The average Bonchev–Trinajstić information content (AvgIpc) is 2.12. The molecule has 1 fully saturated rings. The second-order valence-electron chi connectivity index (χ2n) is 5.36. The molecule has 1 aliphatic heterocycles. The van der Waals surface area contributed by atoms with E-state index in [4.69, 9.17) is 0 Å². The van der Waals surface area contributed by atoms with Crippen molar-refractivity contribution in [3.8, 4) is 0 Å². The highest BCUT2D eigenvalue weighted by Gasteiger charge is 2.25. The molecule has 0 aromatic heterocycles. The molecule has 0 unspecified atom stereocenters. The topological polar surface area (TPSA) is 23.5 Å². The first-order chi connectivity index (χ1) is 6.97. The van der Waals surface area contributed by atoms with E-state index in [0.29, 0.717) is 0 Å². The van der Waals surface area contributed by atoms with Gasteiger partial charge in [0.25, 0.3) is 0 Å². The molecule has 1 aliphatic rings. The first-order valence-electron chi connectivity index (χ1n) is 5.50. The minimum Gasteiger partial charge on any atom is -0.389 e. The van der Waals surface area contributed by atoms with Gasteiger partial charge in [-0.2, -0.15) is 0 Å². The van der Waals surface area contributed by atoms with E-state index < -0.39 is 0 Å². The summed E-state index contributed by atoms with van der Waals surface area (Å²) in [5.74, 6) is 0. The number of rotatable bonds is 1. The van der Waals surface area contributed by atoms with E-state index in [-0.39, 0.29) is 11.5 Å². The van der Waals surface area contributed by atoms with Crippen molar-refractivity contribution in [2.45, 2.75) is 32.3 Å². The third-order valence-corrected chi connectivity index (χ3v) is 2.94. The van der Waals surface area contributed by atoms with Gasteiger partial charge in [0.05, 0.1) is 6.10 Å². The number of nitrogens with zero attached hydrogens (tertiary/aromatic N) is 1. The van der Waals surface area contributed by atoms with E-state index >= 15 is 0 Å². The Labute approximate surface area is 91.5 Å².